The van der Waals surface area contributed by atoms with E-state index in [9.17, 15) is 0 Å². The average molecular weight is 261 g/mol. The number of nitrogens with two attached hydrogens (primary N) is 1. The predicted octanol–water partition coefficient (Wildman–Crippen LogP) is 1.32. The predicted molar refractivity (Wildman–Crippen MR) is 82.3 cm³/mol. The number of rotatable bonds is 3. The van der Waals surface area contributed by atoms with E-state index in [2.05, 4.69) is 20.6 Å². The Balaban J connectivity index is 3.23. The lowest BCUT2D eigenvalue weighted by molar-refractivity contribution is 0.973. The maximum atomic E-state index is 6.01. The second-order valence-corrected chi connectivity index (χ2v) is 4.38. The number of nitrogens with zero attached hydrogens (tertiary/aromatic N) is 2. The zero-order chi connectivity index (χ0) is 14.4. The molecule has 0 aliphatic carbocycles. The van der Waals surface area contributed by atoms with E-state index in [1.807, 2.05) is 34.0 Å². The van der Waals surface area contributed by atoms with Crippen molar-refractivity contribution in [2.45, 2.75) is 20.3 Å². The molecule has 1 rings (SSSR count). The zero-order valence-electron chi connectivity index (χ0n) is 12.3. The van der Waals surface area contributed by atoms with Crippen molar-refractivity contribution in [2.75, 3.05) is 21.1 Å². The van der Waals surface area contributed by atoms with Crippen LogP contribution in [0.25, 0.3) is 0 Å². The molecule has 0 aromatic carbocycles. The maximum Gasteiger partial charge on any atom is 0.107 e. The first kappa shape index (κ1) is 15.0. The summed E-state index contributed by atoms with van der Waals surface area (Å²) in [6.07, 6.45) is 4.37. The van der Waals surface area contributed by atoms with E-state index in [1.54, 1.807) is 13.2 Å². The van der Waals surface area contributed by atoms with Crippen molar-refractivity contribution in [2.24, 2.45) is 15.7 Å². The van der Waals surface area contributed by atoms with Gasteiger partial charge in [0.15, 0.2) is 0 Å². The van der Waals surface area contributed by atoms with Crippen LogP contribution >= 0.6 is 0 Å². The van der Waals surface area contributed by atoms with Gasteiger partial charge in [-0.1, -0.05) is 0 Å². The standard InChI is InChI=1S/C14H23N5/c1-9(10(2)16-3)14(18-5)11-6-12(15)7-13(17-4)19-8-11/h6,8,16H,7,15H2,1-5H3,(H,17,19)/b10-9+,18-14+. The number of amidine groups is 1. The summed E-state index contributed by atoms with van der Waals surface area (Å²) < 4.78 is 0. The Hall–Kier alpha value is -2.04. The molecule has 0 spiro atoms. The average Bonchev–Trinajstić information content (AvgIpc) is 2.60. The van der Waals surface area contributed by atoms with Crippen molar-refractivity contribution in [1.29, 1.82) is 0 Å². The Kier molecular flexibility index (Phi) is 5.36. The van der Waals surface area contributed by atoms with Gasteiger partial charge < -0.3 is 16.4 Å². The summed E-state index contributed by atoms with van der Waals surface area (Å²) in [5, 5.41) is 6.17. The van der Waals surface area contributed by atoms with Crippen LogP contribution < -0.4 is 16.4 Å². The Morgan fingerprint density at radius 1 is 1.37 bits per heavy atom. The van der Waals surface area contributed by atoms with Gasteiger partial charge in [-0.25, -0.2) is 4.99 Å². The molecule has 5 nitrogen and oxygen atoms in total. The highest BCUT2D eigenvalue weighted by Gasteiger charge is 2.12. The van der Waals surface area contributed by atoms with E-state index in [0.29, 0.717) is 6.42 Å². The fourth-order valence-electron chi connectivity index (χ4n) is 1.84. The molecule has 4 N–H and O–H groups in total. The molecule has 0 aromatic heterocycles. The van der Waals surface area contributed by atoms with Crippen molar-refractivity contribution in [3.05, 3.63) is 34.8 Å². The first-order valence-corrected chi connectivity index (χ1v) is 6.26. The van der Waals surface area contributed by atoms with Gasteiger partial charge in [0.25, 0.3) is 0 Å². The summed E-state index contributed by atoms with van der Waals surface area (Å²) in [5.74, 6) is 0.853. The lowest BCUT2D eigenvalue weighted by Gasteiger charge is -2.11. The van der Waals surface area contributed by atoms with Gasteiger partial charge in [0.2, 0.25) is 0 Å². The molecular weight excluding hydrogens is 238 g/mol. The van der Waals surface area contributed by atoms with Crippen LogP contribution in [0.4, 0.5) is 0 Å². The number of nitrogens with one attached hydrogen (secondary N) is 2. The summed E-state index contributed by atoms with van der Waals surface area (Å²) >= 11 is 0. The summed E-state index contributed by atoms with van der Waals surface area (Å²) in [5.41, 5.74) is 10.8. The summed E-state index contributed by atoms with van der Waals surface area (Å²) in [6.45, 7) is 4.06. The topological polar surface area (TPSA) is 74.8 Å². The van der Waals surface area contributed by atoms with E-state index >= 15 is 0 Å². The van der Waals surface area contributed by atoms with Gasteiger partial charge in [0.05, 0.1) is 5.71 Å². The van der Waals surface area contributed by atoms with Crippen LogP contribution in [0.15, 0.2) is 44.8 Å². The second kappa shape index (κ2) is 6.78. The Morgan fingerprint density at radius 2 is 2.05 bits per heavy atom. The molecule has 0 aromatic rings. The molecule has 0 atom stereocenters. The van der Waals surface area contributed by atoms with Gasteiger partial charge in [-0.2, -0.15) is 0 Å². The van der Waals surface area contributed by atoms with Gasteiger partial charge in [-0.05, 0) is 25.5 Å². The van der Waals surface area contributed by atoms with Crippen molar-refractivity contribution >= 4 is 11.5 Å². The zero-order valence-corrected chi connectivity index (χ0v) is 12.3. The number of hydrogen-bond donors (Lipinski definition) is 3. The Bertz CT molecular complexity index is 492. The van der Waals surface area contributed by atoms with E-state index in [-0.39, 0.29) is 0 Å². The van der Waals surface area contributed by atoms with E-state index in [0.717, 1.165) is 34.1 Å². The first-order valence-electron chi connectivity index (χ1n) is 6.26. The van der Waals surface area contributed by atoms with Gasteiger partial charge in [0.1, 0.15) is 5.84 Å². The van der Waals surface area contributed by atoms with Gasteiger partial charge in [0, 0.05) is 50.7 Å². The molecule has 0 unspecified atom stereocenters. The molecule has 0 fully saturated rings. The molecule has 1 aliphatic heterocycles. The van der Waals surface area contributed by atoms with Gasteiger partial charge >= 0.3 is 0 Å². The van der Waals surface area contributed by atoms with Crippen molar-refractivity contribution in [1.82, 2.24) is 10.6 Å². The highest BCUT2D eigenvalue weighted by molar-refractivity contribution is 6.14. The maximum absolute atomic E-state index is 6.01. The Labute approximate surface area is 115 Å². The fourth-order valence-corrected chi connectivity index (χ4v) is 1.84. The molecule has 0 saturated carbocycles. The highest BCUT2D eigenvalue weighted by atomic mass is 15.0. The third kappa shape index (κ3) is 3.71. The normalized spacial score (nSPS) is 17.7. The second-order valence-electron chi connectivity index (χ2n) is 4.38. The summed E-state index contributed by atoms with van der Waals surface area (Å²) in [4.78, 5) is 8.77. The van der Waals surface area contributed by atoms with Crippen LogP contribution in [0.2, 0.25) is 0 Å². The van der Waals surface area contributed by atoms with E-state index in [4.69, 9.17) is 5.73 Å². The molecule has 0 amide bonds. The monoisotopic (exact) mass is 261 g/mol. The molecule has 1 aliphatic rings. The largest absolute Gasteiger partial charge is 0.402 e. The third-order valence-electron chi connectivity index (χ3n) is 3.15. The smallest absolute Gasteiger partial charge is 0.107 e. The van der Waals surface area contributed by atoms with Gasteiger partial charge in [-0.3, -0.25) is 4.99 Å². The van der Waals surface area contributed by atoms with Crippen LogP contribution in [0.1, 0.15) is 20.3 Å². The molecular formula is C14H23N5. The molecule has 104 valence electrons. The van der Waals surface area contributed by atoms with Crippen molar-refractivity contribution in [3.8, 4) is 0 Å². The molecule has 0 bridgehead atoms. The highest BCUT2D eigenvalue weighted by Crippen LogP contribution is 2.16. The van der Waals surface area contributed by atoms with Crippen molar-refractivity contribution in [3.63, 3.8) is 0 Å². The van der Waals surface area contributed by atoms with E-state index < -0.39 is 0 Å². The van der Waals surface area contributed by atoms with Crippen LogP contribution in [-0.2, 0) is 0 Å². The van der Waals surface area contributed by atoms with Crippen LogP contribution in [0, 0.1) is 0 Å². The SMILES string of the molecule is C/N=C(C1=CN=C(NC)CC(N)=C1)\C(C)=C(/C)NC. The summed E-state index contributed by atoms with van der Waals surface area (Å²) in [7, 11) is 5.52. The van der Waals surface area contributed by atoms with Crippen LogP contribution in [-0.4, -0.2) is 32.7 Å². The number of allylic oxidation sites excluding steroid dienone is 4. The molecule has 0 radical (unpaired) electrons. The first-order chi connectivity index (χ1) is 9.03. The molecule has 0 saturated heterocycles. The van der Waals surface area contributed by atoms with Crippen LogP contribution in [0.5, 0.6) is 0 Å². The van der Waals surface area contributed by atoms with Gasteiger partial charge in [-0.15, -0.1) is 0 Å². The molecule has 1 heterocycles. The fraction of sp³-hybridized carbons (Fsp3) is 0.429. The number of hydrogen-bond acceptors (Lipinski definition) is 5. The van der Waals surface area contributed by atoms with E-state index in [1.165, 1.54) is 0 Å². The Morgan fingerprint density at radius 3 is 2.58 bits per heavy atom. The lowest BCUT2D eigenvalue weighted by atomic mass is 10.0. The minimum Gasteiger partial charge on any atom is -0.402 e. The minimum absolute atomic E-state index is 0.626. The third-order valence-corrected chi connectivity index (χ3v) is 3.15. The summed E-state index contributed by atoms with van der Waals surface area (Å²) in [6, 6.07) is 0. The van der Waals surface area contributed by atoms with Crippen LogP contribution in [0.3, 0.4) is 0 Å². The number of aliphatic imine (C=N–C) groups is 2. The van der Waals surface area contributed by atoms with Crippen molar-refractivity contribution < 1.29 is 0 Å². The lowest BCUT2D eigenvalue weighted by Crippen LogP contribution is -2.19. The molecule has 5 heteroatoms. The molecule has 19 heavy (non-hydrogen) atoms. The quantitative estimate of drug-likeness (QED) is 0.671. The minimum atomic E-state index is 0.626.